The Morgan fingerprint density at radius 2 is 1.60 bits per heavy atom. The summed E-state index contributed by atoms with van der Waals surface area (Å²) in [4.78, 5) is 0. The van der Waals surface area contributed by atoms with Crippen LogP contribution in [-0.4, -0.2) is 12.2 Å². The van der Waals surface area contributed by atoms with Gasteiger partial charge in [0, 0.05) is 6.61 Å². The van der Waals surface area contributed by atoms with E-state index in [0.717, 1.165) is 30.8 Å². The molecule has 1 heteroatoms. The van der Waals surface area contributed by atoms with Gasteiger partial charge in [0.1, 0.15) is 0 Å². The maximum atomic E-state index is 6.10. The van der Waals surface area contributed by atoms with Crippen molar-refractivity contribution in [2.24, 2.45) is 17.8 Å². The molecule has 2 aliphatic carbocycles. The third kappa shape index (κ3) is 4.35. The predicted octanol–water partition coefficient (Wildman–Crippen LogP) is 5.74. The fourth-order valence-electron chi connectivity index (χ4n) is 4.30. The lowest BCUT2D eigenvalue weighted by atomic mass is 9.68. The van der Waals surface area contributed by atoms with Crippen molar-refractivity contribution in [2.75, 3.05) is 6.61 Å². The zero-order valence-corrected chi connectivity index (χ0v) is 13.9. The highest BCUT2D eigenvalue weighted by Gasteiger charge is 2.35. The summed E-state index contributed by atoms with van der Waals surface area (Å²) in [5.74, 6) is 2.87. The van der Waals surface area contributed by atoms with Gasteiger partial charge >= 0.3 is 0 Å². The zero-order chi connectivity index (χ0) is 14.4. The second kappa shape index (κ2) is 7.64. The van der Waals surface area contributed by atoms with E-state index < -0.39 is 0 Å². The molecular weight excluding hydrogens is 244 g/mol. The molecule has 20 heavy (non-hydrogen) atoms. The van der Waals surface area contributed by atoms with Crippen LogP contribution in [0.15, 0.2) is 12.2 Å². The average molecular weight is 278 g/mol. The van der Waals surface area contributed by atoms with Crippen LogP contribution in [0.4, 0.5) is 0 Å². The first kappa shape index (κ1) is 16.1. The Morgan fingerprint density at radius 3 is 2.15 bits per heavy atom. The Balaban J connectivity index is 1.74. The molecule has 0 aromatic carbocycles. The van der Waals surface area contributed by atoms with Crippen molar-refractivity contribution < 1.29 is 4.74 Å². The van der Waals surface area contributed by atoms with Crippen LogP contribution in [0.2, 0.25) is 0 Å². The SMILES string of the molecule is C/C=C/C1CCC(C2CCC(C)(OCCC)CC2)CC1. The lowest BCUT2D eigenvalue weighted by Crippen LogP contribution is -2.36. The van der Waals surface area contributed by atoms with Crippen LogP contribution in [-0.2, 0) is 4.74 Å². The number of hydrogen-bond acceptors (Lipinski definition) is 1. The fourth-order valence-corrected chi connectivity index (χ4v) is 4.30. The molecule has 0 heterocycles. The first-order chi connectivity index (χ1) is 9.67. The minimum atomic E-state index is 0.189. The highest BCUT2D eigenvalue weighted by molar-refractivity contribution is 4.92. The Bertz CT molecular complexity index is 291. The minimum Gasteiger partial charge on any atom is -0.375 e. The van der Waals surface area contributed by atoms with Crippen LogP contribution in [0.3, 0.4) is 0 Å². The molecule has 0 bridgehead atoms. The Hall–Kier alpha value is -0.300. The van der Waals surface area contributed by atoms with Gasteiger partial charge < -0.3 is 4.74 Å². The van der Waals surface area contributed by atoms with Gasteiger partial charge in [-0.05, 0) is 89.4 Å². The summed E-state index contributed by atoms with van der Waals surface area (Å²) in [5, 5.41) is 0. The van der Waals surface area contributed by atoms with Gasteiger partial charge in [-0.15, -0.1) is 0 Å². The molecule has 2 saturated carbocycles. The highest BCUT2D eigenvalue weighted by Crippen LogP contribution is 2.43. The van der Waals surface area contributed by atoms with Gasteiger partial charge in [0.05, 0.1) is 5.60 Å². The van der Waals surface area contributed by atoms with Crippen molar-refractivity contribution in [3.05, 3.63) is 12.2 Å². The van der Waals surface area contributed by atoms with E-state index in [9.17, 15) is 0 Å². The van der Waals surface area contributed by atoms with E-state index in [1.807, 2.05) is 0 Å². The molecule has 2 aliphatic rings. The molecular formula is C19H34O. The van der Waals surface area contributed by atoms with Crippen molar-refractivity contribution >= 4 is 0 Å². The molecule has 0 amide bonds. The second-order valence-corrected chi connectivity index (χ2v) is 7.34. The number of ether oxygens (including phenoxy) is 1. The summed E-state index contributed by atoms with van der Waals surface area (Å²) in [6.07, 6.45) is 17.0. The van der Waals surface area contributed by atoms with Gasteiger partial charge in [0.15, 0.2) is 0 Å². The maximum Gasteiger partial charge on any atom is 0.0654 e. The molecule has 0 N–H and O–H groups in total. The number of rotatable bonds is 5. The molecule has 0 atom stereocenters. The Labute approximate surface area is 126 Å². The zero-order valence-electron chi connectivity index (χ0n) is 13.9. The van der Waals surface area contributed by atoms with Gasteiger partial charge in [-0.1, -0.05) is 19.1 Å². The number of hydrogen-bond donors (Lipinski definition) is 0. The average Bonchev–Trinajstić information content (AvgIpc) is 2.47. The molecule has 2 rings (SSSR count). The van der Waals surface area contributed by atoms with Crippen LogP contribution < -0.4 is 0 Å². The van der Waals surface area contributed by atoms with E-state index in [4.69, 9.17) is 4.74 Å². The maximum absolute atomic E-state index is 6.10. The molecule has 0 saturated heterocycles. The normalized spacial score (nSPS) is 39.2. The third-order valence-corrected chi connectivity index (χ3v) is 5.69. The lowest BCUT2D eigenvalue weighted by molar-refractivity contribution is -0.0703. The van der Waals surface area contributed by atoms with Crippen molar-refractivity contribution in [1.29, 1.82) is 0 Å². The van der Waals surface area contributed by atoms with Crippen LogP contribution in [0.5, 0.6) is 0 Å². The monoisotopic (exact) mass is 278 g/mol. The van der Waals surface area contributed by atoms with Crippen molar-refractivity contribution in [3.8, 4) is 0 Å². The van der Waals surface area contributed by atoms with E-state index in [1.165, 1.54) is 51.4 Å². The minimum absolute atomic E-state index is 0.189. The Kier molecular flexibility index (Phi) is 6.14. The first-order valence-corrected chi connectivity index (χ1v) is 8.93. The topological polar surface area (TPSA) is 9.23 Å². The Morgan fingerprint density at radius 1 is 1.00 bits per heavy atom. The van der Waals surface area contributed by atoms with Crippen molar-refractivity contribution in [3.63, 3.8) is 0 Å². The third-order valence-electron chi connectivity index (χ3n) is 5.69. The summed E-state index contributed by atoms with van der Waals surface area (Å²) in [6, 6.07) is 0. The fraction of sp³-hybridized carbons (Fsp3) is 0.895. The second-order valence-electron chi connectivity index (χ2n) is 7.34. The molecule has 0 aromatic rings. The van der Waals surface area contributed by atoms with Gasteiger partial charge in [0.2, 0.25) is 0 Å². The molecule has 0 radical (unpaired) electrons. The largest absolute Gasteiger partial charge is 0.375 e. The highest BCUT2D eigenvalue weighted by atomic mass is 16.5. The molecule has 116 valence electrons. The summed E-state index contributed by atoms with van der Waals surface area (Å²) < 4.78 is 6.10. The van der Waals surface area contributed by atoms with Crippen LogP contribution in [0.25, 0.3) is 0 Å². The van der Waals surface area contributed by atoms with Gasteiger partial charge in [-0.25, -0.2) is 0 Å². The van der Waals surface area contributed by atoms with E-state index in [-0.39, 0.29) is 5.60 Å². The molecule has 0 spiro atoms. The quantitative estimate of drug-likeness (QED) is 0.582. The molecule has 1 nitrogen and oxygen atoms in total. The standard InChI is InChI=1S/C19H34O/c1-4-6-16-7-9-17(10-8-16)18-11-13-19(3,14-12-18)20-15-5-2/h4,6,16-18H,5,7-15H2,1-3H3/b6-4+. The smallest absolute Gasteiger partial charge is 0.0654 e. The number of allylic oxidation sites excluding steroid dienone is 2. The van der Waals surface area contributed by atoms with Gasteiger partial charge in [-0.3, -0.25) is 0 Å². The molecule has 2 fully saturated rings. The molecule has 0 aromatic heterocycles. The predicted molar refractivity (Wildman–Crippen MR) is 86.9 cm³/mol. The van der Waals surface area contributed by atoms with Gasteiger partial charge in [0.25, 0.3) is 0 Å². The summed E-state index contributed by atoms with van der Waals surface area (Å²) in [6.45, 7) is 7.64. The van der Waals surface area contributed by atoms with E-state index in [2.05, 4.69) is 32.9 Å². The van der Waals surface area contributed by atoms with E-state index in [0.29, 0.717) is 0 Å². The van der Waals surface area contributed by atoms with Crippen LogP contribution in [0, 0.1) is 17.8 Å². The summed E-state index contributed by atoms with van der Waals surface area (Å²) >= 11 is 0. The molecule has 0 unspecified atom stereocenters. The van der Waals surface area contributed by atoms with E-state index >= 15 is 0 Å². The van der Waals surface area contributed by atoms with Crippen LogP contribution in [0.1, 0.15) is 78.6 Å². The van der Waals surface area contributed by atoms with Crippen molar-refractivity contribution in [1.82, 2.24) is 0 Å². The summed E-state index contributed by atoms with van der Waals surface area (Å²) in [5.41, 5.74) is 0.189. The van der Waals surface area contributed by atoms with Crippen molar-refractivity contribution in [2.45, 2.75) is 84.2 Å². The summed E-state index contributed by atoms with van der Waals surface area (Å²) in [7, 11) is 0. The lowest BCUT2D eigenvalue weighted by Gasteiger charge is -2.41. The first-order valence-electron chi connectivity index (χ1n) is 8.93. The van der Waals surface area contributed by atoms with Gasteiger partial charge in [-0.2, -0.15) is 0 Å². The molecule has 0 aliphatic heterocycles. The van der Waals surface area contributed by atoms with Crippen LogP contribution >= 0.6 is 0 Å². The van der Waals surface area contributed by atoms with E-state index in [1.54, 1.807) is 0 Å².